The maximum Gasteiger partial charge on any atom is 0.263 e. The summed E-state index contributed by atoms with van der Waals surface area (Å²) in [5.41, 5.74) is 0. The molecule has 2 rings (SSSR count). The van der Waals surface area contributed by atoms with Crippen LogP contribution in [-0.2, 0) is 10.0 Å². The molecule has 21 heavy (non-hydrogen) atoms. The van der Waals surface area contributed by atoms with E-state index in [2.05, 4.69) is 17.0 Å². The molecule has 0 aliphatic carbocycles. The van der Waals surface area contributed by atoms with Crippen molar-refractivity contribution in [3.8, 4) is 0 Å². The van der Waals surface area contributed by atoms with Crippen molar-refractivity contribution >= 4 is 38.1 Å². The predicted molar refractivity (Wildman–Crippen MR) is 89.8 cm³/mol. The molecule has 2 aromatic carbocycles. The van der Waals surface area contributed by atoms with Gasteiger partial charge < -0.3 is 5.32 Å². The van der Waals surface area contributed by atoms with E-state index in [4.69, 9.17) is 12.2 Å². The predicted octanol–water partition coefficient (Wildman–Crippen LogP) is 2.79. The zero-order valence-corrected chi connectivity index (χ0v) is 13.4. The highest BCUT2D eigenvalue weighted by Crippen LogP contribution is 2.18. The number of benzene rings is 2. The monoisotopic (exact) mass is 322 g/mol. The van der Waals surface area contributed by atoms with E-state index in [1.54, 1.807) is 18.2 Å². The number of hydrogen-bond donors (Lipinski definition) is 2. The van der Waals surface area contributed by atoms with Gasteiger partial charge in [-0.15, -0.1) is 0 Å². The highest BCUT2D eigenvalue weighted by molar-refractivity contribution is 7.91. The molecule has 0 aliphatic heterocycles. The molecule has 0 fully saturated rings. The molecule has 2 aromatic rings. The molecule has 0 spiro atoms. The third-order valence-corrected chi connectivity index (χ3v) is 4.80. The van der Waals surface area contributed by atoms with Gasteiger partial charge in [0, 0.05) is 6.54 Å². The molecule has 0 aliphatic rings. The van der Waals surface area contributed by atoms with Crippen LogP contribution in [0.25, 0.3) is 10.8 Å². The van der Waals surface area contributed by atoms with E-state index in [9.17, 15) is 8.42 Å². The number of unbranched alkanes of at least 4 members (excludes halogenated alkanes) is 1. The quantitative estimate of drug-likeness (QED) is 0.656. The number of sulfonamides is 1. The lowest BCUT2D eigenvalue weighted by molar-refractivity contribution is 0.592. The normalized spacial score (nSPS) is 11.3. The first kappa shape index (κ1) is 15.7. The first-order valence-electron chi connectivity index (χ1n) is 6.82. The van der Waals surface area contributed by atoms with Crippen molar-refractivity contribution in [2.75, 3.05) is 6.54 Å². The first-order chi connectivity index (χ1) is 10.0. The lowest BCUT2D eigenvalue weighted by Crippen LogP contribution is -2.39. The molecule has 6 heteroatoms. The molecular formula is C15H18N2O2S2. The summed E-state index contributed by atoms with van der Waals surface area (Å²) in [6.07, 6.45) is 1.96. The van der Waals surface area contributed by atoms with Crippen LogP contribution >= 0.6 is 12.2 Å². The summed E-state index contributed by atoms with van der Waals surface area (Å²) in [6.45, 7) is 2.72. The fourth-order valence-electron chi connectivity index (χ4n) is 1.93. The van der Waals surface area contributed by atoms with Crippen molar-refractivity contribution in [3.05, 3.63) is 42.5 Å². The van der Waals surface area contributed by atoms with Crippen molar-refractivity contribution in [1.29, 1.82) is 0 Å². The lowest BCUT2D eigenvalue weighted by Gasteiger charge is -2.11. The van der Waals surface area contributed by atoms with Gasteiger partial charge in [0.15, 0.2) is 5.11 Å². The minimum absolute atomic E-state index is 0.136. The molecule has 0 heterocycles. The van der Waals surface area contributed by atoms with E-state index in [-0.39, 0.29) is 10.0 Å². The average Bonchev–Trinajstić information content (AvgIpc) is 2.46. The molecule has 0 aromatic heterocycles. The van der Waals surface area contributed by atoms with Crippen LogP contribution in [0.15, 0.2) is 47.4 Å². The van der Waals surface area contributed by atoms with Gasteiger partial charge in [-0.2, -0.15) is 0 Å². The third-order valence-electron chi connectivity index (χ3n) is 3.07. The summed E-state index contributed by atoms with van der Waals surface area (Å²) in [7, 11) is -3.64. The molecule has 0 radical (unpaired) electrons. The summed E-state index contributed by atoms with van der Waals surface area (Å²) in [6, 6.07) is 12.6. The van der Waals surface area contributed by atoms with Crippen LogP contribution in [0.1, 0.15) is 19.8 Å². The maximum atomic E-state index is 12.3. The highest BCUT2D eigenvalue weighted by atomic mass is 32.2. The Hall–Kier alpha value is -1.66. The SMILES string of the molecule is CCCCNC(=S)NS(=O)(=O)c1ccc2ccccc2c1. The van der Waals surface area contributed by atoms with Crippen molar-refractivity contribution in [3.63, 3.8) is 0 Å². The van der Waals surface area contributed by atoms with Crippen LogP contribution in [0.4, 0.5) is 0 Å². The van der Waals surface area contributed by atoms with Gasteiger partial charge in [0.1, 0.15) is 0 Å². The highest BCUT2D eigenvalue weighted by Gasteiger charge is 2.15. The Bertz CT molecular complexity index is 742. The van der Waals surface area contributed by atoms with E-state index < -0.39 is 10.0 Å². The largest absolute Gasteiger partial charge is 0.362 e. The molecule has 0 atom stereocenters. The van der Waals surface area contributed by atoms with E-state index in [1.165, 1.54) is 0 Å². The Kier molecular flexibility index (Phi) is 5.14. The second-order valence-corrected chi connectivity index (χ2v) is 6.81. The average molecular weight is 322 g/mol. The standard InChI is InChI=1S/C15H18N2O2S2/c1-2-3-10-16-15(20)17-21(18,19)14-9-8-12-6-4-5-7-13(12)11-14/h4-9,11H,2-3,10H2,1H3,(H2,16,17,20). The maximum absolute atomic E-state index is 12.3. The number of thiocarbonyl (C=S) groups is 1. The van der Waals surface area contributed by atoms with Gasteiger partial charge in [0.2, 0.25) is 0 Å². The van der Waals surface area contributed by atoms with Crippen LogP contribution in [0.2, 0.25) is 0 Å². The minimum Gasteiger partial charge on any atom is -0.362 e. The fraction of sp³-hybridized carbons (Fsp3) is 0.267. The van der Waals surface area contributed by atoms with Crippen molar-refractivity contribution < 1.29 is 8.42 Å². The summed E-state index contributed by atoms with van der Waals surface area (Å²) in [5.74, 6) is 0. The number of fused-ring (bicyclic) bond motifs is 1. The minimum atomic E-state index is -3.64. The van der Waals surface area contributed by atoms with Gasteiger partial charge in [-0.25, -0.2) is 8.42 Å². The Morgan fingerprint density at radius 3 is 2.57 bits per heavy atom. The fourth-order valence-corrected chi connectivity index (χ4v) is 3.32. The van der Waals surface area contributed by atoms with Crippen LogP contribution in [0, 0.1) is 0 Å². The van der Waals surface area contributed by atoms with Crippen LogP contribution in [-0.4, -0.2) is 20.1 Å². The van der Waals surface area contributed by atoms with Gasteiger partial charge in [-0.1, -0.05) is 43.7 Å². The lowest BCUT2D eigenvalue weighted by atomic mass is 10.1. The summed E-state index contributed by atoms with van der Waals surface area (Å²) in [4.78, 5) is 0.209. The summed E-state index contributed by atoms with van der Waals surface area (Å²) < 4.78 is 26.9. The molecular weight excluding hydrogens is 304 g/mol. The van der Waals surface area contributed by atoms with E-state index >= 15 is 0 Å². The van der Waals surface area contributed by atoms with Crippen molar-refractivity contribution in [2.24, 2.45) is 0 Å². The Morgan fingerprint density at radius 2 is 1.86 bits per heavy atom. The zero-order chi connectivity index (χ0) is 15.3. The second kappa shape index (κ2) is 6.87. The molecule has 0 unspecified atom stereocenters. The summed E-state index contributed by atoms with van der Waals surface area (Å²) in [5, 5.41) is 4.90. The summed E-state index contributed by atoms with van der Waals surface area (Å²) >= 11 is 5.01. The van der Waals surface area contributed by atoms with Crippen molar-refractivity contribution in [2.45, 2.75) is 24.7 Å². The van der Waals surface area contributed by atoms with E-state index in [0.717, 1.165) is 23.6 Å². The van der Waals surface area contributed by atoms with Crippen LogP contribution < -0.4 is 10.0 Å². The molecule has 0 saturated heterocycles. The van der Waals surface area contributed by atoms with E-state index in [0.29, 0.717) is 6.54 Å². The van der Waals surface area contributed by atoms with Crippen LogP contribution in [0.3, 0.4) is 0 Å². The third kappa shape index (κ3) is 4.15. The van der Waals surface area contributed by atoms with Gasteiger partial charge >= 0.3 is 0 Å². The topological polar surface area (TPSA) is 58.2 Å². The van der Waals surface area contributed by atoms with Gasteiger partial charge in [0.25, 0.3) is 10.0 Å². The zero-order valence-electron chi connectivity index (χ0n) is 11.8. The van der Waals surface area contributed by atoms with Crippen LogP contribution in [0.5, 0.6) is 0 Å². The smallest absolute Gasteiger partial charge is 0.263 e. The second-order valence-electron chi connectivity index (χ2n) is 4.72. The molecule has 0 bridgehead atoms. The molecule has 4 nitrogen and oxygen atoms in total. The Balaban J connectivity index is 2.15. The van der Waals surface area contributed by atoms with Gasteiger partial charge in [-0.05, 0) is 41.5 Å². The molecule has 112 valence electrons. The van der Waals surface area contributed by atoms with E-state index in [1.807, 2.05) is 24.3 Å². The number of nitrogens with one attached hydrogen (secondary N) is 2. The van der Waals surface area contributed by atoms with Gasteiger partial charge in [-0.3, -0.25) is 4.72 Å². The molecule has 0 amide bonds. The first-order valence-corrected chi connectivity index (χ1v) is 8.71. The number of hydrogen-bond acceptors (Lipinski definition) is 3. The molecule has 2 N–H and O–H groups in total. The van der Waals surface area contributed by atoms with Crippen molar-refractivity contribution in [1.82, 2.24) is 10.0 Å². The Labute approximate surface area is 130 Å². The number of rotatable bonds is 5. The Morgan fingerprint density at radius 1 is 1.14 bits per heavy atom. The van der Waals surface area contributed by atoms with Gasteiger partial charge in [0.05, 0.1) is 4.90 Å². The molecule has 0 saturated carbocycles.